The van der Waals surface area contributed by atoms with Crippen molar-refractivity contribution in [2.24, 2.45) is 0 Å². The Labute approximate surface area is 63.4 Å². The summed E-state index contributed by atoms with van der Waals surface area (Å²) < 4.78 is 4.46. The largest absolute Gasteiger partial charge is 0.469 e. The van der Waals surface area contributed by atoms with Gasteiger partial charge in [-0.15, -0.1) is 0 Å². The van der Waals surface area contributed by atoms with Crippen LogP contribution in [0.15, 0.2) is 0 Å². The zero-order valence-electron chi connectivity index (χ0n) is 6.43. The second kappa shape index (κ2) is 6.65. The average Bonchev–Trinajstić information content (AvgIpc) is 1.98. The van der Waals surface area contributed by atoms with E-state index in [1.165, 1.54) is 7.11 Å². The summed E-state index contributed by atoms with van der Waals surface area (Å²) >= 11 is 0. The van der Waals surface area contributed by atoms with E-state index >= 15 is 0 Å². The monoisotopic (exact) mass is 140 g/mol. The first-order valence-corrected chi connectivity index (χ1v) is 3.58. The highest BCUT2D eigenvalue weighted by Gasteiger charge is 1.97. The first-order chi connectivity index (χ1) is 4.81. The summed E-state index contributed by atoms with van der Waals surface area (Å²) in [4.78, 5) is 10.5. The first-order valence-electron chi connectivity index (χ1n) is 3.58. The molecule has 0 aliphatic carbocycles. The van der Waals surface area contributed by atoms with Crippen LogP contribution in [-0.2, 0) is 9.53 Å². The number of unbranched alkanes of at least 4 members (excludes halogenated alkanes) is 2. The lowest BCUT2D eigenvalue weighted by Crippen LogP contribution is -1.98. The molecule has 3 heteroatoms. The molecule has 0 rings (SSSR count). The van der Waals surface area contributed by atoms with Crippen molar-refractivity contribution in [1.82, 2.24) is 0 Å². The van der Waals surface area contributed by atoms with Crippen molar-refractivity contribution in [2.75, 3.05) is 7.11 Å². The smallest absolute Gasteiger partial charge is 0.305 e. The summed E-state index contributed by atoms with van der Waals surface area (Å²) in [6, 6.07) is 0. The molecule has 2 nitrogen and oxygen atoms in total. The van der Waals surface area contributed by atoms with Gasteiger partial charge in [-0.05, 0) is 6.42 Å². The van der Waals surface area contributed by atoms with Crippen LogP contribution in [0.1, 0.15) is 25.7 Å². The first kappa shape index (κ1) is 9.53. The Balaban J connectivity index is 2.96. The van der Waals surface area contributed by atoms with Gasteiger partial charge in [0.2, 0.25) is 0 Å². The quantitative estimate of drug-likeness (QED) is 0.327. The van der Waals surface area contributed by atoms with Crippen LogP contribution in [-0.4, -0.2) is 20.9 Å². The van der Waals surface area contributed by atoms with Gasteiger partial charge < -0.3 is 4.74 Å². The maximum absolute atomic E-state index is 10.5. The SMILES string of the molecule is [B]CCCCCC(=O)OC. The highest BCUT2D eigenvalue weighted by atomic mass is 16.5. The number of ether oxygens (including phenoxy) is 1. The van der Waals surface area contributed by atoms with Gasteiger partial charge in [0.25, 0.3) is 0 Å². The zero-order chi connectivity index (χ0) is 7.82. The van der Waals surface area contributed by atoms with Crippen molar-refractivity contribution in [3.63, 3.8) is 0 Å². The van der Waals surface area contributed by atoms with Gasteiger partial charge in [0, 0.05) is 6.42 Å². The fraction of sp³-hybridized carbons (Fsp3) is 0.857. The lowest BCUT2D eigenvalue weighted by atomic mass is 9.99. The number of methoxy groups -OCH3 is 1. The maximum Gasteiger partial charge on any atom is 0.305 e. The molecule has 10 heavy (non-hydrogen) atoms. The lowest BCUT2D eigenvalue weighted by molar-refractivity contribution is -0.140. The molecule has 0 heterocycles. The van der Waals surface area contributed by atoms with Crippen LogP contribution < -0.4 is 0 Å². The van der Waals surface area contributed by atoms with E-state index in [-0.39, 0.29) is 5.97 Å². The van der Waals surface area contributed by atoms with E-state index in [9.17, 15) is 4.79 Å². The Bertz CT molecular complexity index is 93.6. The van der Waals surface area contributed by atoms with Crippen molar-refractivity contribution in [2.45, 2.75) is 32.0 Å². The maximum atomic E-state index is 10.5. The van der Waals surface area contributed by atoms with Crippen LogP contribution in [0.4, 0.5) is 0 Å². The van der Waals surface area contributed by atoms with Crippen molar-refractivity contribution in [3.05, 3.63) is 0 Å². The minimum atomic E-state index is -0.128. The van der Waals surface area contributed by atoms with Gasteiger partial charge in [0.05, 0.1) is 15.0 Å². The molecule has 0 amide bonds. The number of hydrogen-bond acceptors (Lipinski definition) is 2. The van der Waals surface area contributed by atoms with E-state index in [4.69, 9.17) is 7.85 Å². The number of rotatable bonds is 5. The molecule has 0 saturated carbocycles. The van der Waals surface area contributed by atoms with Gasteiger partial charge >= 0.3 is 5.97 Å². The third kappa shape index (κ3) is 5.67. The molecule has 0 aromatic heterocycles. The van der Waals surface area contributed by atoms with Gasteiger partial charge in [-0.1, -0.05) is 19.2 Å². The molecule has 0 aromatic carbocycles. The Morgan fingerprint density at radius 3 is 2.60 bits per heavy atom. The predicted octanol–water partition coefficient (Wildman–Crippen LogP) is 1.31. The molecule has 0 spiro atoms. The van der Waals surface area contributed by atoms with Gasteiger partial charge in [0.1, 0.15) is 0 Å². The van der Waals surface area contributed by atoms with Gasteiger partial charge in [-0.2, -0.15) is 0 Å². The minimum Gasteiger partial charge on any atom is -0.469 e. The molecule has 56 valence electrons. The van der Waals surface area contributed by atoms with Gasteiger partial charge in [-0.25, -0.2) is 0 Å². The van der Waals surface area contributed by atoms with Crippen molar-refractivity contribution in [3.8, 4) is 0 Å². The van der Waals surface area contributed by atoms with Gasteiger partial charge in [-0.3, -0.25) is 4.79 Å². The minimum absolute atomic E-state index is 0.128. The van der Waals surface area contributed by atoms with E-state index in [0.717, 1.165) is 19.3 Å². The number of carbonyl (C=O) groups excluding carboxylic acids is 1. The summed E-state index contributed by atoms with van der Waals surface area (Å²) in [5, 5.41) is 0. The average molecular weight is 140 g/mol. The molecule has 0 aliphatic rings. The van der Waals surface area contributed by atoms with E-state index in [0.29, 0.717) is 12.7 Å². The Hall–Kier alpha value is -0.465. The number of hydrogen-bond donors (Lipinski definition) is 0. The second-order valence-corrected chi connectivity index (χ2v) is 2.18. The van der Waals surface area contributed by atoms with E-state index in [2.05, 4.69) is 4.74 Å². The summed E-state index contributed by atoms with van der Waals surface area (Å²) in [5.74, 6) is -0.128. The molecule has 2 radical (unpaired) electrons. The summed E-state index contributed by atoms with van der Waals surface area (Å²) in [6.07, 6.45) is 4.14. The Morgan fingerprint density at radius 2 is 2.10 bits per heavy atom. The van der Waals surface area contributed by atoms with Gasteiger partial charge in [0.15, 0.2) is 0 Å². The predicted molar refractivity (Wildman–Crippen MR) is 41.0 cm³/mol. The van der Waals surface area contributed by atoms with Crippen LogP contribution in [0.25, 0.3) is 0 Å². The van der Waals surface area contributed by atoms with Crippen LogP contribution in [0.3, 0.4) is 0 Å². The van der Waals surface area contributed by atoms with Crippen molar-refractivity contribution in [1.29, 1.82) is 0 Å². The Kier molecular flexibility index (Phi) is 6.34. The van der Waals surface area contributed by atoms with E-state index < -0.39 is 0 Å². The molecule has 0 aromatic rings. The lowest BCUT2D eigenvalue weighted by Gasteiger charge is -1.97. The molecule has 0 unspecified atom stereocenters. The molecule has 0 aliphatic heterocycles. The molecule has 0 bridgehead atoms. The van der Waals surface area contributed by atoms with Crippen LogP contribution in [0, 0.1) is 0 Å². The van der Waals surface area contributed by atoms with Crippen molar-refractivity contribution >= 4 is 13.8 Å². The van der Waals surface area contributed by atoms with Crippen LogP contribution in [0.5, 0.6) is 0 Å². The third-order valence-corrected chi connectivity index (χ3v) is 1.31. The van der Waals surface area contributed by atoms with E-state index in [1.54, 1.807) is 0 Å². The zero-order valence-corrected chi connectivity index (χ0v) is 6.43. The van der Waals surface area contributed by atoms with Crippen molar-refractivity contribution < 1.29 is 9.53 Å². The van der Waals surface area contributed by atoms with Crippen LogP contribution in [0.2, 0.25) is 6.32 Å². The fourth-order valence-corrected chi connectivity index (χ4v) is 0.693. The molecule has 0 saturated heterocycles. The highest BCUT2D eigenvalue weighted by molar-refractivity contribution is 6.08. The molecule has 0 N–H and O–H groups in total. The molecular weight excluding hydrogens is 127 g/mol. The third-order valence-electron chi connectivity index (χ3n) is 1.31. The second-order valence-electron chi connectivity index (χ2n) is 2.18. The van der Waals surface area contributed by atoms with E-state index in [1.807, 2.05) is 0 Å². The topological polar surface area (TPSA) is 26.3 Å². The summed E-state index contributed by atoms with van der Waals surface area (Å²) in [6.45, 7) is 0. The standard InChI is InChI=1S/C7H13BO2/c1-10-7(9)5-3-2-4-6-8/h2-6H2,1H3. The normalized spacial score (nSPS) is 9.30. The highest BCUT2D eigenvalue weighted by Crippen LogP contribution is 2.01. The fourth-order valence-electron chi connectivity index (χ4n) is 0.693. The number of carbonyl (C=O) groups is 1. The number of esters is 1. The summed E-state index contributed by atoms with van der Waals surface area (Å²) in [5.41, 5.74) is 0. The molecule has 0 atom stereocenters. The Morgan fingerprint density at radius 1 is 1.40 bits per heavy atom. The van der Waals surface area contributed by atoms with Crippen LogP contribution >= 0.6 is 0 Å². The molecular formula is C7H13BO2. The summed E-state index contributed by atoms with van der Waals surface area (Å²) in [7, 11) is 6.67. The molecule has 0 fully saturated rings.